The number of aromatic nitrogens is 2. The number of carboxylic acid groups (broad SMARTS) is 2. The number of ether oxygens (including phenoxy) is 3. The fourth-order valence-electron chi connectivity index (χ4n) is 6.36. The van der Waals surface area contributed by atoms with Crippen molar-refractivity contribution >= 4 is 41.8 Å². The van der Waals surface area contributed by atoms with Gasteiger partial charge in [-0.25, -0.2) is 18.8 Å². The quantitative estimate of drug-likeness (QED) is 0.100. The normalized spacial score (nSPS) is 19.3. The molecule has 58 heavy (non-hydrogen) atoms. The van der Waals surface area contributed by atoms with Gasteiger partial charge >= 0.3 is 29.8 Å². The second-order valence-electron chi connectivity index (χ2n) is 15.4. The van der Waals surface area contributed by atoms with Gasteiger partial charge in [0.1, 0.15) is 17.9 Å². The topological polar surface area (TPSA) is 274 Å². The van der Waals surface area contributed by atoms with E-state index in [1.807, 2.05) is 19.2 Å². The molecular weight excluding hydrogens is 767 g/mol. The van der Waals surface area contributed by atoms with E-state index >= 15 is 4.39 Å². The summed E-state index contributed by atoms with van der Waals surface area (Å²) in [5.41, 5.74) is -1.22. The summed E-state index contributed by atoms with van der Waals surface area (Å²) >= 11 is 0. The predicted octanol–water partition coefficient (Wildman–Crippen LogP) is 2.56. The van der Waals surface area contributed by atoms with Crippen LogP contribution in [0.4, 0.5) is 19.8 Å². The Morgan fingerprint density at radius 2 is 1.60 bits per heavy atom. The molecule has 1 aromatic heterocycles. The van der Waals surface area contributed by atoms with Gasteiger partial charge in [-0.1, -0.05) is 44.2 Å². The third-order valence-electron chi connectivity index (χ3n) is 8.94. The zero-order chi connectivity index (χ0) is 43.3. The zero-order valence-corrected chi connectivity index (χ0v) is 33.2. The molecule has 1 fully saturated rings. The van der Waals surface area contributed by atoms with Crippen LogP contribution in [0.2, 0.25) is 0 Å². The number of aliphatic carboxylic acids is 2. The number of hydrogen-bond acceptors (Lipinski definition) is 12. The lowest BCUT2D eigenvalue weighted by Gasteiger charge is -2.28. The van der Waals surface area contributed by atoms with E-state index in [4.69, 9.17) is 14.2 Å². The summed E-state index contributed by atoms with van der Waals surface area (Å²) in [6, 6.07) is 6.67. The van der Waals surface area contributed by atoms with Crippen LogP contribution in [-0.4, -0.2) is 104 Å². The number of anilines is 1. The molecule has 3 rings (SSSR count). The lowest BCUT2D eigenvalue weighted by Crippen LogP contribution is -2.56. The molecule has 0 bridgehead atoms. The maximum absolute atomic E-state index is 15.1. The summed E-state index contributed by atoms with van der Waals surface area (Å²) in [4.78, 5) is 90.7. The molecule has 19 nitrogen and oxygen atoms in total. The first kappa shape index (κ1) is 46.8. The highest BCUT2D eigenvalue weighted by Gasteiger charge is 2.46. The Labute approximate surface area is 334 Å². The number of nitrogens with one attached hydrogen (secondary N) is 4. The smallest absolute Gasteiger partial charge is 0.412 e. The van der Waals surface area contributed by atoms with Gasteiger partial charge in [0, 0.05) is 18.4 Å². The lowest BCUT2D eigenvalue weighted by molar-refractivity contribution is -0.142. The Hall–Kier alpha value is -5.63. The average Bonchev–Trinajstić information content (AvgIpc) is 3.40. The van der Waals surface area contributed by atoms with Crippen LogP contribution in [0, 0.1) is 23.6 Å². The van der Waals surface area contributed by atoms with Crippen LogP contribution in [0.25, 0.3) is 0 Å². The van der Waals surface area contributed by atoms with Crippen molar-refractivity contribution in [3.8, 4) is 0 Å². The van der Waals surface area contributed by atoms with E-state index in [0.717, 1.165) is 5.56 Å². The number of aliphatic hydroxyl groups is 1. The molecule has 1 aliphatic heterocycles. The first-order chi connectivity index (χ1) is 27.1. The number of benzene rings is 1. The van der Waals surface area contributed by atoms with E-state index in [9.17, 15) is 48.9 Å². The van der Waals surface area contributed by atoms with E-state index in [0.29, 0.717) is 10.8 Å². The summed E-state index contributed by atoms with van der Waals surface area (Å²) in [7, 11) is 0. The highest BCUT2D eigenvalue weighted by Crippen LogP contribution is 2.42. The number of carbonyl (C=O) groups is 6. The van der Waals surface area contributed by atoms with Gasteiger partial charge in [0.2, 0.25) is 5.91 Å². The van der Waals surface area contributed by atoms with E-state index in [-0.39, 0.29) is 38.3 Å². The number of nitrogens with zero attached hydrogens (tertiary/aromatic N) is 2. The summed E-state index contributed by atoms with van der Waals surface area (Å²) in [6.45, 7) is 9.86. The minimum Gasteiger partial charge on any atom is -0.481 e. The Balaban J connectivity index is 1.56. The second kappa shape index (κ2) is 21.2. The summed E-state index contributed by atoms with van der Waals surface area (Å²) in [6.07, 6.45) is -5.90. The first-order valence-corrected chi connectivity index (χ1v) is 18.8. The average molecular weight is 821 g/mol. The summed E-state index contributed by atoms with van der Waals surface area (Å²) < 4.78 is 31.8. The standard InChI is InChI=1S/C38H53FN6O13/c1-20(2)15-27(41-33(52)30(50)26(16-22-11-8-7-9-12-22)42-37(55)58-38(4,5)6)32(51)40-13-10-14-56-36(54)44-31-25(39)19-45(35(53)43-31)34-24(18-29(48)49)23(17-28(46)47)21(3)57-34/h7-9,11-12,19-21,23-24,26-27,30,34,50H,10,13-18H2,1-6H3,(H,40,51)(H,41,52)(H,42,55)(H,46,47)(H,48,49)(H,43,44,53,54)/t21-,23+,24-,26-,27+,30+,34-/m1/s1. The van der Waals surface area contributed by atoms with Crippen molar-refractivity contribution in [3.05, 3.63) is 58.4 Å². The molecule has 1 saturated heterocycles. The zero-order valence-electron chi connectivity index (χ0n) is 33.2. The highest BCUT2D eigenvalue weighted by molar-refractivity contribution is 5.90. The SMILES string of the molecule is CC(C)C[C@H](NC(=O)[C@@H](O)[C@@H](Cc1ccccc1)NC(=O)OC(C)(C)C)C(=O)NCCCOC(=O)Nc1nc(=O)n([C@@H]2O[C@H](C)[C@H](CC(=O)O)[C@H]2CC(=O)O)cc1F. The molecule has 0 saturated carbocycles. The number of rotatable bonds is 19. The van der Waals surface area contributed by atoms with Gasteiger partial charge in [-0.15, -0.1) is 0 Å². The minimum absolute atomic E-state index is 0.0290. The Morgan fingerprint density at radius 1 is 0.966 bits per heavy atom. The summed E-state index contributed by atoms with van der Waals surface area (Å²) in [5, 5.41) is 39.5. The van der Waals surface area contributed by atoms with Crippen molar-refractivity contribution in [3.63, 3.8) is 0 Å². The predicted molar refractivity (Wildman–Crippen MR) is 203 cm³/mol. The number of aliphatic hydroxyl groups excluding tert-OH is 1. The molecule has 0 radical (unpaired) electrons. The van der Waals surface area contributed by atoms with Crippen LogP contribution in [0.1, 0.15) is 79.0 Å². The van der Waals surface area contributed by atoms with E-state index < -0.39 is 114 Å². The first-order valence-electron chi connectivity index (χ1n) is 18.8. The van der Waals surface area contributed by atoms with Gasteiger partial charge in [-0.05, 0) is 58.4 Å². The van der Waals surface area contributed by atoms with Crippen molar-refractivity contribution in [2.75, 3.05) is 18.5 Å². The lowest BCUT2D eigenvalue weighted by atomic mass is 9.84. The highest BCUT2D eigenvalue weighted by atomic mass is 19.1. The number of carboxylic acids is 2. The number of hydrogen-bond donors (Lipinski definition) is 7. The van der Waals surface area contributed by atoms with Crippen LogP contribution in [0.15, 0.2) is 41.3 Å². The van der Waals surface area contributed by atoms with Gasteiger partial charge in [-0.2, -0.15) is 4.98 Å². The molecule has 0 unspecified atom stereocenters. The monoisotopic (exact) mass is 820 g/mol. The molecule has 1 aliphatic rings. The van der Waals surface area contributed by atoms with Crippen molar-refractivity contribution in [2.45, 2.75) is 110 Å². The van der Waals surface area contributed by atoms with Crippen molar-refractivity contribution in [2.24, 2.45) is 17.8 Å². The molecule has 1 aromatic carbocycles. The fraction of sp³-hybridized carbons (Fsp3) is 0.579. The Morgan fingerprint density at radius 3 is 2.21 bits per heavy atom. The molecule has 7 atom stereocenters. The van der Waals surface area contributed by atoms with Crippen LogP contribution in [0.5, 0.6) is 0 Å². The third-order valence-corrected chi connectivity index (χ3v) is 8.94. The van der Waals surface area contributed by atoms with Crippen LogP contribution >= 0.6 is 0 Å². The Kier molecular flexibility index (Phi) is 17.1. The molecule has 7 N–H and O–H groups in total. The maximum Gasteiger partial charge on any atom is 0.412 e. The fourth-order valence-corrected chi connectivity index (χ4v) is 6.36. The van der Waals surface area contributed by atoms with Crippen molar-refractivity contribution in [1.82, 2.24) is 25.5 Å². The largest absolute Gasteiger partial charge is 0.481 e. The molecule has 2 aromatic rings. The van der Waals surface area contributed by atoms with E-state index in [2.05, 4.69) is 20.9 Å². The Bertz CT molecular complexity index is 1820. The van der Waals surface area contributed by atoms with E-state index in [1.54, 1.807) is 51.1 Å². The molecule has 4 amide bonds. The number of alkyl carbamates (subject to hydrolysis) is 1. The van der Waals surface area contributed by atoms with Crippen LogP contribution in [0.3, 0.4) is 0 Å². The van der Waals surface area contributed by atoms with Crippen LogP contribution < -0.4 is 27.0 Å². The van der Waals surface area contributed by atoms with Crippen LogP contribution in [-0.2, 0) is 39.8 Å². The molecule has 0 aliphatic carbocycles. The van der Waals surface area contributed by atoms with E-state index in [1.165, 1.54) is 6.92 Å². The third kappa shape index (κ3) is 14.7. The molecule has 0 spiro atoms. The number of halogens is 1. The number of carbonyl (C=O) groups excluding carboxylic acids is 4. The summed E-state index contributed by atoms with van der Waals surface area (Å²) in [5.74, 6) is -7.81. The van der Waals surface area contributed by atoms with Gasteiger partial charge in [0.25, 0.3) is 5.91 Å². The second-order valence-corrected chi connectivity index (χ2v) is 15.4. The molecular formula is C38H53FN6O13. The van der Waals surface area contributed by atoms with Gasteiger partial charge in [0.05, 0.1) is 37.8 Å². The minimum atomic E-state index is -1.77. The van der Waals surface area contributed by atoms with Gasteiger partial charge < -0.3 is 45.5 Å². The maximum atomic E-state index is 15.1. The van der Waals surface area contributed by atoms with Crippen molar-refractivity contribution < 1.29 is 62.7 Å². The molecule has 2 heterocycles. The molecule has 320 valence electrons. The van der Waals surface area contributed by atoms with Gasteiger partial charge in [0.15, 0.2) is 17.7 Å². The molecule has 20 heteroatoms. The van der Waals surface area contributed by atoms with Crippen molar-refractivity contribution in [1.29, 1.82) is 0 Å². The van der Waals surface area contributed by atoms with Gasteiger partial charge in [-0.3, -0.25) is 29.1 Å². The number of amides is 4.